The summed E-state index contributed by atoms with van der Waals surface area (Å²) in [5.74, 6) is 3.45. The predicted molar refractivity (Wildman–Crippen MR) is 123 cm³/mol. The molecule has 1 aliphatic rings. The molecule has 1 fully saturated rings. The number of phenolic OH excluding ortho intramolecular Hbond substituents is 1. The molecule has 1 aliphatic heterocycles. The van der Waals surface area contributed by atoms with Gasteiger partial charge in [0.15, 0.2) is 23.0 Å². The Balaban J connectivity index is 2.14. The predicted octanol–water partition coefficient (Wildman–Crippen LogP) is 3.54. The van der Waals surface area contributed by atoms with E-state index < -0.39 is 0 Å². The number of ether oxygens (including phenoxy) is 4. The first-order valence-electron chi connectivity index (χ1n) is 9.78. The van der Waals surface area contributed by atoms with Crippen LogP contribution in [0.5, 0.6) is 28.7 Å². The third-order valence-corrected chi connectivity index (χ3v) is 5.96. The summed E-state index contributed by atoms with van der Waals surface area (Å²) in [5, 5.41) is 10.2. The minimum Gasteiger partial charge on any atom is -0.504 e. The van der Waals surface area contributed by atoms with E-state index in [-0.39, 0.29) is 11.7 Å². The van der Waals surface area contributed by atoms with E-state index in [2.05, 4.69) is 0 Å². The molecule has 31 heavy (non-hydrogen) atoms. The summed E-state index contributed by atoms with van der Waals surface area (Å²) >= 11 is 1.83. The topological polar surface area (TPSA) is 77.5 Å². The lowest BCUT2D eigenvalue weighted by atomic mass is 9.99. The Morgan fingerprint density at radius 3 is 2.06 bits per heavy atom. The van der Waals surface area contributed by atoms with Crippen LogP contribution in [0.1, 0.15) is 11.1 Å². The van der Waals surface area contributed by atoms with Crippen molar-refractivity contribution in [2.75, 3.05) is 53.0 Å². The number of phenols is 1. The Bertz CT molecular complexity index is 944. The van der Waals surface area contributed by atoms with Crippen LogP contribution in [0.15, 0.2) is 30.3 Å². The van der Waals surface area contributed by atoms with Gasteiger partial charge in [0, 0.05) is 30.2 Å². The molecule has 7 nitrogen and oxygen atoms in total. The summed E-state index contributed by atoms with van der Waals surface area (Å²) in [6.07, 6.45) is 1.75. The molecule has 3 rings (SSSR count). The van der Waals surface area contributed by atoms with Crippen molar-refractivity contribution in [3.63, 3.8) is 0 Å². The summed E-state index contributed by atoms with van der Waals surface area (Å²) < 4.78 is 21.5. The molecule has 0 aliphatic carbocycles. The summed E-state index contributed by atoms with van der Waals surface area (Å²) in [7, 11) is 6.10. The van der Waals surface area contributed by atoms with Crippen LogP contribution < -0.4 is 18.9 Å². The van der Waals surface area contributed by atoms with Gasteiger partial charge < -0.3 is 29.0 Å². The number of nitrogens with zero attached hydrogens (tertiary/aromatic N) is 1. The monoisotopic (exact) mass is 445 g/mol. The second kappa shape index (κ2) is 10.3. The molecule has 0 atom stereocenters. The molecule has 166 valence electrons. The van der Waals surface area contributed by atoms with Crippen LogP contribution in [0.25, 0.3) is 11.6 Å². The van der Waals surface area contributed by atoms with Crippen LogP contribution in [0.4, 0.5) is 0 Å². The van der Waals surface area contributed by atoms with E-state index in [1.165, 1.54) is 28.4 Å². The van der Waals surface area contributed by atoms with E-state index >= 15 is 0 Å². The maximum atomic E-state index is 13.5. The molecule has 2 aromatic rings. The number of carbonyl (C=O) groups excluding carboxylic acids is 1. The van der Waals surface area contributed by atoms with Crippen molar-refractivity contribution in [2.24, 2.45) is 0 Å². The molecule has 0 aromatic heterocycles. The first-order chi connectivity index (χ1) is 15.0. The third-order valence-electron chi connectivity index (χ3n) is 5.02. The highest BCUT2D eigenvalue weighted by molar-refractivity contribution is 7.99. The number of amides is 1. The number of aromatic hydroxyl groups is 1. The number of methoxy groups -OCH3 is 4. The molecule has 1 N–H and O–H groups in total. The molecular formula is C23H27NO6S. The van der Waals surface area contributed by atoms with Gasteiger partial charge in [0.2, 0.25) is 5.75 Å². The molecule has 0 saturated carbocycles. The smallest absolute Gasteiger partial charge is 0.254 e. The molecule has 1 saturated heterocycles. The minimum absolute atomic E-state index is 0.00214. The van der Waals surface area contributed by atoms with E-state index in [1.54, 1.807) is 36.4 Å². The van der Waals surface area contributed by atoms with Gasteiger partial charge in [-0.3, -0.25) is 4.79 Å². The molecular weight excluding hydrogens is 418 g/mol. The summed E-state index contributed by atoms with van der Waals surface area (Å²) in [6.45, 7) is 1.36. The quantitative estimate of drug-likeness (QED) is 0.516. The fraction of sp³-hybridized carbons (Fsp3) is 0.348. The minimum atomic E-state index is -0.0927. The van der Waals surface area contributed by atoms with E-state index in [0.717, 1.165) is 11.5 Å². The first-order valence-corrected chi connectivity index (χ1v) is 10.9. The Labute approximate surface area is 186 Å². The highest BCUT2D eigenvalue weighted by Crippen LogP contribution is 2.41. The van der Waals surface area contributed by atoms with Crippen LogP contribution in [0, 0.1) is 0 Å². The zero-order valence-electron chi connectivity index (χ0n) is 18.1. The van der Waals surface area contributed by atoms with Crippen molar-refractivity contribution in [2.45, 2.75) is 0 Å². The van der Waals surface area contributed by atoms with Crippen LogP contribution >= 0.6 is 11.8 Å². The average molecular weight is 446 g/mol. The lowest BCUT2D eigenvalue weighted by molar-refractivity contribution is -0.124. The standard InChI is InChI=1S/C23H27NO6S/c1-27-19-6-5-15(12-18(19)25)11-17(23(26)24-7-9-31-10-8-24)16-13-20(28-2)22(30-4)21(14-16)29-3/h5-6,11-14,25H,7-10H2,1-4H3/b17-11+. The molecule has 0 bridgehead atoms. The lowest BCUT2D eigenvalue weighted by Gasteiger charge is -2.28. The highest BCUT2D eigenvalue weighted by atomic mass is 32.2. The van der Waals surface area contributed by atoms with Gasteiger partial charge in [0.05, 0.1) is 28.4 Å². The normalized spacial score (nSPS) is 14.2. The van der Waals surface area contributed by atoms with Gasteiger partial charge in [0.25, 0.3) is 5.91 Å². The molecule has 0 radical (unpaired) electrons. The van der Waals surface area contributed by atoms with Gasteiger partial charge in [-0.05, 0) is 41.5 Å². The fourth-order valence-electron chi connectivity index (χ4n) is 3.41. The highest BCUT2D eigenvalue weighted by Gasteiger charge is 2.24. The Morgan fingerprint density at radius 2 is 1.55 bits per heavy atom. The second-order valence-electron chi connectivity index (χ2n) is 6.81. The SMILES string of the molecule is COc1ccc(/C=C(/C(=O)N2CCSCC2)c2cc(OC)c(OC)c(OC)c2)cc1O. The largest absolute Gasteiger partial charge is 0.504 e. The molecule has 2 aromatic carbocycles. The van der Waals surface area contributed by atoms with Crippen molar-refractivity contribution in [3.05, 3.63) is 41.5 Å². The van der Waals surface area contributed by atoms with E-state index in [1.807, 2.05) is 16.7 Å². The summed E-state index contributed by atoms with van der Waals surface area (Å²) in [4.78, 5) is 15.4. The maximum absolute atomic E-state index is 13.5. The Hall–Kier alpha value is -3.00. The molecule has 1 heterocycles. The van der Waals surface area contributed by atoms with Crippen molar-refractivity contribution in [1.29, 1.82) is 0 Å². The van der Waals surface area contributed by atoms with E-state index in [4.69, 9.17) is 18.9 Å². The van der Waals surface area contributed by atoms with Crippen molar-refractivity contribution in [1.82, 2.24) is 4.90 Å². The zero-order chi connectivity index (χ0) is 22.4. The van der Waals surface area contributed by atoms with Gasteiger partial charge in [-0.25, -0.2) is 0 Å². The number of rotatable bonds is 7. The van der Waals surface area contributed by atoms with Crippen LogP contribution in [-0.2, 0) is 4.79 Å². The fourth-order valence-corrected chi connectivity index (χ4v) is 4.31. The zero-order valence-corrected chi connectivity index (χ0v) is 19.0. The number of carbonyl (C=O) groups is 1. The molecule has 8 heteroatoms. The van der Waals surface area contributed by atoms with Gasteiger partial charge in [-0.15, -0.1) is 0 Å². The lowest BCUT2D eigenvalue weighted by Crippen LogP contribution is -2.38. The maximum Gasteiger partial charge on any atom is 0.254 e. The van der Waals surface area contributed by atoms with E-state index in [0.29, 0.717) is 52.8 Å². The van der Waals surface area contributed by atoms with Crippen LogP contribution in [0.2, 0.25) is 0 Å². The van der Waals surface area contributed by atoms with Crippen LogP contribution in [-0.4, -0.2) is 68.9 Å². The van der Waals surface area contributed by atoms with Crippen molar-refractivity contribution in [3.8, 4) is 28.7 Å². The number of hydrogen-bond acceptors (Lipinski definition) is 7. The Morgan fingerprint density at radius 1 is 0.935 bits per heavy atom. The van der Waals surface area contributed by atoms with E-state index in [9.17, 15) is 9.90 Å². The summed E-state index contributed by atoms with van der Waals surface area (Å²) in [6, 6.07) is 8.53. The van der Waals surface area contributed by atoms with Crippen molar-refractivity contribution < 1.29 is 28.8 Å². The second-order valence-corrected chi connectivity index (χ2v) is 8.03. The number of hydrogen-bond donors (Lipinski definition) is 1. The Kier molecular flexibility index (Phi) is 7.57. The third kappa shape index (κ3) is 5.02. The first kappa shape index (κ1) is 22.7. The summed E-state index contributed by atoms with van der Waals surface area (Å²) in [5.41, 5.74) is 1.77. The van der Waals surface area contributed by atoms with Crippen molar-refractivity contribution >= 4 is 29.3 Å². The molecule has 1 amide bonds. The molecule has 0 unspecified atom stereocenters. The van der Waals surface area contributed by atoms with Gasteiger partial charge in [-0.2, -0.15) is 11.8 Å². The number of thioether (sulfide) groups is 1. The molecule has 0 spiro atoms. The van der Waals surface area contributed by atoms with Gasteiger partial charge in [-0.1, -0.05) is 6.07 Å². The van der Waals surface area contributed by atoms with Crippen LogP contribution in [0.3, 0.4) is 0 Å². The average Bonchev–Trinajstić information content (AvgIpc) is 2.81. The number of benzene rings is 2. The van der Waals surface area contributed by atoms with Gasteiger partial charge in [0.1, 0.15) is 0 Å². The van der Waals surface area contributed by atoms with Gasteiger partial charge >= 0.3 is 0 Å².